The van der Waals surface area contributed by atoms with E-state index in [4.69, 9.17) is 14.2 Å². The Balaban J connectivity index is 1.40. The maximum Gasteiger partial charge on any atom is 0.338 e. The Kier molecular flexibility index (Phi) is 7.38. The van der Waals surface area contributed by atoms with Gasteiger partial charge in [0, 0.05) is 24.8 Å². The molecular formula is C24H28N2O7S. The zero-order valence-electron chi connectivity index (χ0n) is 19.0. The van der Waals surface area contributed by atoms with E-state index in [0.717, 1.165) is 25.7 Å². The number of carbonyl (C=O) groups is 2. The fourth-order valence-corrected chi connectivity index (χ4v) is 5.43. The van der Waals surface area contributed by atoms with Gasteiger partial charge >= 0.3 is 5.97 Å². The van der Waals surface area contributed by atoms with Crippen molar-refractivity contribution in [1.82, 2.24) is 4.31 Å². The molecule has 1 N–H and O–H groups in total. The Hall–Kier alpha value is -3.11. The number of benzene rings is 2. The first-order chi connectivity index (χ1) is 16.3. The van der Waals surface area contributed by atoms with Crippen molar-refractivity contribution in [1.29, 1.82) is 0 Å². The number of carbonyl (C=O) groups excluding carboxylic acids is 2. The molecule has 2 aromatic carbocycles. The molecule has 9 nitrogen and oxygen atoms in total. The third kappa shape index (κ3) is 5.51. The lowest BCUT2D eigenvalue weighted by Gasteiger charge is -2.20. The summed E-state index contributed by atoms with van der Waals surface area (Å²) in [4.78, 5) is 25.3. The van der Waals surface area contributed by atoms with E-state index in [0.29, 0.717) is 43.5 Å². The molecule has 0 aromatic heterocycles. The predicted octanol–water partition coefficient (Wildman–Crippen LogP) is 3.21. The lowest BCUT2D eigenvalue weighted by molar-refractivity contribution is -0.123. The van der Waals surface area contributed by atoms with Crippen molar-refractivity contribution >= 4 is 27.6 Å². The molecule has 2 heterocycles. The lowest BCUT2D eigenvalue weighted by atomic mass is 10.2. The van der Waals surface area contributed by atoms with E-state index >= 15 is 0 Å². The monoisotopic (exact) mass is 488 g/mol. The van der Waals surface area contributed by atoms with Crippen LogP contribution in [0.1, 0.15) is 43.0 Å². The molecule has 10 heteroatoms. The zero-order chi connectivity index (χ0) is 24.1. The van der Waals surface area contributed by atoms with Gasteiger partial charge in [-0.25, -0.2) is 13.2 Å². The van der Waals surface area contributed by atoms with Crippen LogP contribution in [-0.2, 0) is 19.6 Å². The van der Waals surface area contributed by atoms with E-state index in [-0.39, 0.29) is 10.5 Å². The normalized spacial score (nSPS) is 17.3. The molecule has 2 aliphatic heterocycles. The third-order valence-corrected chi connectivity index (χ3v) is 7.63. The number of nitrogens with zero attached hydrogens (tertiary/aromatic N) is 1. The summed E-state index contributed by atoms with van der Waals surface area (Å²) in [6.45, 7) is 3.27. The van der Waals surface area contributed by atoms with Crippen LogP contribution in [0.15, 0.2) is 47.4 Å². The number of nitrogens with one attached hydrogen (secondary N) is 1. The number of hydrogen-bond donors (Lipinski definition) is 1. The van der Waals surface area contributed by atoms with Crippen LogP contribution in [-0.4, -0.2) is 57.0 Å². The smallest absolute Gasteiger partial charge is 0.338 e. The van der Waals surface area contributed by atoms with Crippen molar-refractivity contribution in [2.24, 2.45) is 0 Å². The minimum Gasteiger partial charge on any atom is -0.486 e. The van der Waals surface area contributed by atoms with Crippen molar-refractivity contribution in [2.45, 2.75) is 43.6 Å². The van der Waals surface area contributed by atoms with Gasteiger partial charge in [0.1, 0.15) is 13.2 Å². The molecule has 0 aliphatic carbocycles. The highest BCUT2D eigenvalue weighted by Gasteiger charge is 2.27. The summed E-state index contributed by atoms with van der Waals surface area (Å²) in [5, 5.41) is 2.68. The fraction of sp³-hybridized carbons (Fsp3) is 0.417. The summed E-state index contributed by atoms with van der Waals surface area (Å²) in [6, 6.07) is 10.7. The highest BCUT2D eigenvalue weighted by atomic mass is 32.2. The Morgan fingerprint density at radius 3 is 2.41 bits per heavy atom. The van der Waals surface area contributed by atoms with E-state index in [2.05, 4.69) is 5.32 Å². The standard InChI is InChI=1S/C24H28N2O7S/c1-17(23(27)25-19-9-10-21-22(16-19)32-14-13-31-21)33-24(28)18-7-6-8-20(15-18)34(29,30)26-11-4-2-3-5-12-26/h6-10,15-17H,2-5,11-14H2,1H3,(H,25,27)/t17-/m1/s1. The number of fused-ring (bicyclic) bond motifs is 1. The Morgan fingerprint density at radius 2 is 1.68 bits per heavy atom. The number of hydrogen-bond acceptors (Lipinski definition) is 7. The topological polar surface area (TPSA) is 111 Å². The molecular weight excluding hydrogens is 460 g/mol. The van der Waals surface area contributed by atoms with E-state index in [1.54, 1.807) is 18.2 Å². The van der Waals surface area contributed by atoms with Gasteiger partial charge in [0.2, 0.25) is 10.0 Å². The number of esters is 1. The van der Waals surface area contributed by atoms with Crippen molar-refractivity contribution in [3.63, 3.8) is 0 Å². The van der Waals surface area contributed by atoms with E-state index in [1.807, 2.05) is 0 Å². The van der Waals surface area contributed by atoms with E-state index in [9.17, 15) is 18.0 Å². The molecule has 2 aliphatic rings. The maximum atomic E-state index is 13.0. The number of ether oxygens (including phenoxy) is 3. The molecule has 1 amide bonds. The SMILES string of the molecule is C[C@@H](OC(=O)c1cccc(S(=O)(=O)N2CCCCCC2)c1)C(=O)Nc1ccc2c(c1)OCCO2. The van der Waals surface area contributed by atoms with E-state index < -0.39 is 28.0 Å². The second-order valence-electron chi connectivity index (χ2n) is 8.24. The van der Waals surface area contributed by atoms with Crippen LogP contribution in [0.5, 0.6) is 11.5 Å². The summed E-state index contributed by atoms with van der Waals surface area (Å²) in [6.07, 6.45) is 2.54. The minimum absolute atomic E-state index is 0.0391. The predicted molar refractivity (Wildman–Crippen MR) is 125 cm³/mol. The average Bonchev–Trinajstić information content (AvgIpc) is 3.14. The molecule has 0 spiro atoms. The molecule has 0 saturated carbocycles. The van der Waals surface area contributed by atoms with Gasteiger partial charge in [-0.2, -0.15) is 4.31 Å². The molecule has 1 fully saturated rings. The highest BCUT2D eigenvalue weighted by molar-refractivity contribution is 7.89. The summed E-state index contributed by atoms with van der Waals surface area (Å²) >= 11 is 0. The van der Waals surface area contributed by atoms with Crippen LogP contribution < -0.4 is 14.8 Å². The molecule has 0 bridgehead atoms. The summed E-state index contributed by atoms with van der Waals surface area (Å²) < 4.78 is 43.8. The van der Waals surface area contributed by atoms with Crippen molar-refractivity contribution in [2.75, 3.05) is 31.6 Å². The molecule has 34 heavy (non-hydrogen) atoms. The van der Waals surface area contributed by atoms with Gasteiger partial charge in [-0.05, 0) is 50.1 Å². The first-order valence-electron chi connectivity index (χ1n) is 11.4. The molecule has 0 radical (unpaired) electrons. The summed E-state index contributed by atoms with van der Waals surface area (Å²) in [5.74, 6) is -0.189. The lowest BCUT2D eigenvalue weighted by Crippen LogP contribution is -2.32. The van der Waals surface area contributed by atoms with Gasteiger partial charge in [-0.15, -0.1) is 0 Å². The molecule has 0 unspecified atom stereocenters. The molecule has 2 aromatic rings. The number of amides is 1. The average molecular weight is 489 g/mol. The van der Waals surface area contributed by atoms with Gasteiger partial charge in [-0.1, -0.05) is 18.9 Å². The second-order valence-corrected chi connectivity index (χ2v) is 10.2. The van der Waals surface area contributed by atoms with Gasteiger partial charge in [0.05, 0.1) is 10.5 Å². The number of sulfonamides is 1. The van der Waals surface area contributed by atoms with Crippen molar-refractivity contribution in [3.8, 4) is 11.5 Å². The molecule has 4 rings (SSSR count). The van der Waals surface area contributed by atoms with Crippen LogP contribution in [0, 0.1) is 0 Å². The van der Waals surface area contributed by atoms with Crippen molar-refractivity contribution < 1.29 is 32.2 Å². The van der Waals surface area contributed by atoms with Crippen LogP contribution in [0.2, 0.25) is 0 Å². The van der Waals surface area contributed by atoms with Crippen LogP contribution >= 0.6 is 0 Å². The Labute approximate surface area is 199 Å². The summed E-state index contributed by atoms with van der Waals surface area (Å²) in [7, 11) is -3.71. The Morgan fingerprint density at radius 1 is 0.971 bits per heavy atom. The first-order valence-corrected chi connectivity index (χ1v) is 12.8. The second kappa shape index (κ2) is 10.4. The van der Waals surface area contributed by atoms with Gasteiger partial charge in [-0.3, -0.25) is 4.79 Å². The van der Waals surface area contributed by atoms with Crippen LogP contribution in [0.3, 0.4) is 0 Å². The van der Waals surface area contributed by atoms with Gasteiger partial charge in [0.15, 0.2) is 17.6 Å². The quantitative estimate of drug-likeness (QED) is 0.622. The van der Waals surface area contributed by atoms with Crippen LogP contribution in [0.4, 0.5) is 5.69 Å². The fourth-order valence-electron chi connectivity index (χ4n) is 3.86. The largest absolute Gasteiger partial charge is 0.486 e. The van der Waals surface area contributed by atoms with Crippen molar-refractivity contribution in [3.05, 3.63) is 48.0 Å². The number of anilines is 1. The van der Waals surface area contributed by atoms with Crippen LogP contribution in [0.25, 0.3) is 0 Å². The van der Waals surface area contributed by atoms with Gasteiger partial charge in [0.25, 0.3) is 5.91 Å². The zero-order valence-corrected chi connectivity index (χ0v) is 19.8. The third-order valence-electron chi connectivity index (χ3n) is 5.74. The minimum atomic E-state index is -3.71. The van der Waals surface area contributed by atoms with Gasteiger partial charge < -0.3 is 19.5 Å². The molecule has 182 valence electrons. The number of rotatable bonds is 6. The summed E-state index contributed by atoms with van der Waals surface area (Å²) in [5.41, 5.74) is 0.539. The maximum absolute atomic E-state index is 13.0. The molecule has 1 atom stereocenters. The highest BCUT2D eigenvalue weighted by Crippen LogP contribution is 2.32. The first kappa shape index (κ1) is 24.0. The molecule has 1 saturated heterocycles. The van der Waals surface area contributed by atoms with E-state index in [1.165, 1.54) is 35.5 Å². The Bertz CT molecular complexity index is 1160.